The standard InChI is InChI=1S/C16H14BrN3/c1-10-3-2-4-12(9-10)14-15(19-20-16(14)18)11-5-7-13(17)8-6-11/h2-9H,1H3,(H3,18,19,20). The van der Waals surface area contributed by atoms with Gasteiger partial charge in [-0.3, -0.25) is 5.10 Å². The molecule has 3 aromatic rings. The van der Waals surface area contributed by atoms with Gasteiger partial charge in [0.1, 0.15) is 0 Å². The van der Waals surface area contributed by atoms with E-state index in [2.05, 4.69) is 51.3 Å². The number of hydrogen-bond acceptors (Lipinski definition) is 2. The second-order valence-electron chi connectivity index (χ2n) is 4.74. The van der Waals surface area contributed by atoms with E-state index >= 15 is 0 Å². The Hall–Kier alpha value is -2.07. The number of halogens is 1. The fourth-order valence-electron chi connectivity index (χ4n) is 2.27. The van der Waals surface area contributed by atoms with Crippen LogP contribution in [-0.2, 0) is 0 Å². The second kappa shape index (κ2) is 5.13. The smallest absolute Gasteiger partial charge is 0.153 e. The number of hydrogen-bond donors (Lipinski definition) is 2. The molecule has 0 saturated heterocycles. The molecule has 0 amide bonds. The first-order valence-corrected chi connectivity index (χ1v) is 7.11. The maximum atomic E-state index is 6.04. The van der Waals surface area contributed by atoms with Crippen molar-refractivity contribution in [2.45, 2.75) is 6.92 Å². The molecule has 1 heterocycles. The zero-order valence-corrected chi connectivity index (χ0v) is 12.6. The molecule has 0 unspecified atom stereocenters. The first kappa shape index (κ1) is 12.9. The molecular weight excluding hydrogens is 314 g/mol. The summed E-state index contributed by atoms with van der Waals surface area (Å²) in [5.41, 5.74) is 11.3. The highest BCUT2D eigenvalue weighted by Gasteiger charge is 2.14. The van der Waals surface area contributed by atoms with E-state index in [0.717, 1.165) is 26.9 Å². The third-order valence-electron chi connectivity index (χ3n) is 3.23. The van der Waals surface area contributed by atoms with E-state index in [0.29, 0.717) is 5.82 Å². The van der Waals surface area contributed by atoms with Crippen LogP contribution in [0, 0.1) is 6.92 Å². The number of aryl methyl sites for hydroxylation is 1. The van der Waals surface area contributed by atoms with Crippen LogP contribution in [0.2, 0.25) is 0 Å². The Labute approximate surface area is 126 Å². The average molecular weight is 328 g/mol. The minimum atomic E-state index is 0.522. The third kappa shape index (κ3) is 2.34. The van der Waals surface area contributed by atoms with E-state index < -0.39 is 0 Å². The summed E-state index contributed by atoms with van der Waals surface area (Å²) in [7, 11) is 0. The molecule has 0 aliphatic rings. The Morgan fingerprint density at radius 2 is 1.80 bits per heavy atom. The Morgan fingerprint density at radius 1 is 1.05 bits per heavy atom. The molecule has 4 heteroatoms. The van der Waals surface area contributed by atoms with Gasteiger partial charge in [-0.15, -0.1) is 0 Å². The number of benzene rings is 2. The number of nitrogens with two attached hydrogens (primary N) is 1. The van der Waals surface area contributed by atoms with Gasteiger partial charge in [0.05, 0.1) is 11.3 Å². The van der Waals surface area contributed by atoms with Crippen molar-refractivity contribution in [3.63, 3.8) is 0 Å². The average Bonchev–Trinajstić information content (AvgIpc) is 2.81. The maximum absolute atomic E-state index is 6.04. The van der Waals surface area contributed by atoms with Gasteiger partial charge in [0, 0.05) is 10.0 Å². The molecule has 0 saturated carbocycles. The molecular formula is C16H14BrN3. The fraction of sp³-hybridized carbons (Fsp3) is 0.0625. The lowest BCUT2D eigenvalue weighted by Crippen LogP contribution is -1.89. The topological polar surface area (TPSA) is 54.7 Å². The highest BCUT2D eigenvalue weighted by atomic mass is 79.9. The SMILES string of the molecule is Cc1cccc(-c2c(N)n[nH]c2-c2ccc(Br)cc2)c1. The maximum Gasteiger partial charge on any atom is 0.153 e. The van der Waals surface area contributed by atoms with E-state index in [1.54, 1.807) is 0 Å². The summed E-state index contributed by atoms with van der Waals surface area (Å²) in [6, 6.07) is 16.4. The summed E-state index contributed by atoms with van der Waals surface area (Å²) >= 11 is 3.45. The first-order chi connectivity index (χ1) is 9.65. The Balaban J connectivity index is 2.17. The minimum absolute atomic E-state index is 0.522. The quantitative estimate of drug-likeness (QED) is 0.733. The monoisotopic (exact) mass is 327 g/mol. The molecule has 3 nitrogen and oxygen atoms in total. The number of nitrogen functional groups attached to an aromatic ring is 1. The highest BCUT2D eigenvalue weighted by Crippen LogP contribution is 2.35. The molecule has 3 rings (SSSR count). The van der Waals surface area contributed by atoms with Crippen LogP contribution in [-0.4, -0.2) is 10.2 Å². The van der Waals surface area contributed by atoms with Crippen LogP contribution < -0.4 is 5.73 Å². The van der Waals surface area contributed by atoms with Gasteiger partial charge in [-0.1, -0.05) is 57.9 Å². The van der Waals surface area contributed by atoms with Gasteiger partial charge < -0.3 is 5.73 Å². The lowest BCUT2D eigenvalue weighted by molar-refractivity contribution is 1.10. The molecule has 0 radical (unpaired) electrons. The van der Waals surface area contributed by atoms with Crippen molar-refractivity contribution >= 4 is 21.7 Å². The van der Waals surface area contributed by atoms with Crippen molar-refractivity contribution in [1.29, 1.82) is 0 Å². The molecule has 1 aromatic heterocycles. The Bertz CT molecular complexity index is 745. The van der Waals surface area contributed by atoms with Gasteiger partial charge in [-0.25, -0.2) is 0 Å². The first-order valence-electron chi connectivity index (χ1n) is 6.32. The number of H-pyrrole nitrogens is 1. The predicted octanol–water partition coefficient (Wildman–Crippen LogP) is 4.40. The third-order valence-corrected chi connectivity index (χ3v) is 3.76. The van der Waals surface area contributed by atoms with Crippen LogP contribution >= 0.6 is 15.9 Å². The zero-order chi connectivity index (χ0) is 14.1. The lowest BCUT2D eigenvalue weighted by atomic mass is 9.99. The zero-order valence-electron chi connectivity index (χ0n) is 11.0. The fourth-order valence-corrected chi connectivity index (χ4v) is 2.54. The molecule has 2 aromatic carbocycles. The number of aromatic nitrogens is 2. The van der Waals surface area contributed by atoms with Gasteiger partial charge in [0.15, 0.2) is 5.82 Å². The number of rotatable bonds is 2. The molecule has 0 bridgehead atoms. The van der Waals surface area contributed by atoms with Crippen LogP contribution in [0.5, 0.6) is 0 Å². The molecule has 3 N–H and O–H groups in total. The van der Waals surface area contributed by atoms with Crippen molar-refractivity contribution in [3.05, 3.63) is 58.6 Å². The molecule has 0 aliphatic heterocycles. The summed E-state index contributed by atoms with van der Waals surface area (Å²) in [4.78, 5) is 0. The lowest BCUT2D eigenvalue weighted by Gasteiger charge is -2.06. The van der Waals surface area contributed by atoms with E-state index in [4.69, 9.17) is 5.73 Å². The Kier molecular flexibility index (Phi) is 3.32. The van der Waals surface area contributed by atoms with Crippen LogP contribution in [0.15, 0.2) is 53.0 Å². The summed E-state index contributed by atoms with van der Waals surface area (Å²) in [6.07, 6.45) is 0. The van der Waals surface area contributed by atoms with Gasteiger partial charge in [-0.05, 0) is 24.6 Å². The molecule has 0 atom stereocenters. The summed E-state index contributed by atoms with van der Waals surface area (Å²) < 4.78 is 1.05. The van der Waals surface area contributed by atoms with Crippen molar-refractivity contribution in [3.8, 4) is 22.4 Å². The van der Waals surface area contributed by atoms with E-state index in [1.165, 1.54) is 5.56 Å². The van der Waals surface area contributed by atoms with Gasteiger partial charge in [-0.2, -0.15) is 5.10 Å². The Morgan fingerprint density at radius 3 is 2.50 bits per heavy atom. The van der Waals surface area contributed by atoms with Crippen LogP contribution in [0.4, 0.5) is 5.82 Å². The molecule has 20 heavy (non-hydrogen) atoms. The molecule has 0 spiro atoms. The number of nitrogens with zero attached hydrogens (tertiary/aromatic N) is 1. The van der Waals surface area contributed by atoms with Gasteiger partial charge >= 0.3 is 0 Å². The van der Waals surface area contributed by atoms with Crippen molar-refractivity contribution < 1.29 is 0 Å². The molecule has 0 fully saturated rings. The van der Waals surface area contributed by atoms with Crippen molar-refractivity contribution in [2.24, 2.45) is 0 Å². The van der Waals surface area contributed by atoms with Gasteiger partial charge in [0.2, 0.25) is 0 Å². The number of anilines is 1. The summed E-state index contributed by atoms with van der Waals surface area (Å²) in [6.45, 7) is 2.07. The van der Waals surface area contributed by atoms with Crippen LogP contribution in [0.3, 0.4) is 0 Å². The van der Waals surface area contributed by atoms with Crippen LogP contribution in [0.1, 0.15) is 5.56 Å². The van der Waals surface area contributed by atoms with E-state index in [-0.39, 0.29) is 0 Å². The van der Waals surface area contributed by atoms with Crippen LogP contribution in [0.25, 0.3) is 22.4 Å². The van der Waals surface area contributed by atoms with E-state index in [9.17, 15) is 0 Å². The summed E-state index contributed by atoms with van der Waals surface area (Å²) in [5.74, 6) is 0.522. The van der Waals surface area contributed by atoms with Crippen molar-refractivity contribution in [2.75, 3.05) is 5.73 Å². The largest absolute Gasteiger partial charge is 0.382 e. The second-order valence-corrected chi connectivity index (χ2v) is 5.65. The molecule has 100 valence electrons. The number of aromatic amines is 1. The predicted molar refractivity (Wildman–Crippen MR) is 86.3 cm³/mol. The number of nitrogens with one attached hydrogen (secondary N) is 1. The van der Waals surface area contributed by atoms with E-state index in [1.807, 2.05) is 30.3 Å². The summed E-state index contributed by atoms with van der Waals surface area (Å²) in [5, 5.41) is 7.20. The minimum Gasteiger partial charge on any atom is -0.382 e. The highest BCUT2D eigenvalue weighted by molar-refractivity contribution is 9.10. The molecule has 0 aliphatic carbocycles. The normalized spacial score (nSPS) is 10.7. The van der Waals surface area contributed by atoms with Crippen molar-refractivity contribution in [1.82, 2.24) is 10.2 Å². The van der Waals surface area contributed by atoms with Gasteiger partial charge in [0.25, 0.3) is 0 Å².